The van der Waals surface area contributed by atoms with E-state index >= 15 is 0 Å². The van der Waals surface area contributed by atoms with Crippen LogP contribution in [-0.4, -0.2) is 15.7 Å². The van der Waals surface area contributed by atoms with Crippen LogP contribution in [0.15, 0.2) is 22.8 Å². The molecule has 0 saturated heterocycles. The maximum atomic E-state index is 13.6. The molecule has 1 fully saturated rings. The maximum absolute atomic E-state index is 13.6. The highest BCUT2D eigenvalue weighted by Crippen LogP contribution is 2.53. The van der Waals surface area contributed by atoms with Gasteiger partial charge in [0.1, 0.15) is 11.9 Å². The molecule has 6 heteroatoms. The molecule has 84 valence electrons. The number of benzene rings is 1. The zero-order valence-corrected chi connectivity index (χ0v) is 9.51. The third-order valence-corrected chi connectivity index (χ3v) is 3.37. The predicted octanol–water partition coefficient (Wildman–Crippen LogP) is 3.52. The first-order valence-corrected chi connectivity index (χ1v) is 5.49. The number of nitrogens with zero attached hydrogens (tertiary/aromatic N) is 2. The van der Waals surface area contributed by atoms with Gasteiger partial charge in [-0.2, -0.15) is 5.10 Å². The smallest absolute Gasteiger partial charge is 0.255 e. The summed E-state index contributed by atoms with van der Waals surface area (Å²) in [4.78, 5) is 0. The molecule has 0 N–H and O–H groups in total. The fourth-order valence-electron chi connectivity index (χ4n) is 1.77. The van der Waals surface area contributed by atoms with E-state index in [0.29, 0.717) is 9.99 Å². The number of hydrogen-bond acceptors (Lipinski definition) is 1. The summed E-state index contributed by atoms with van der Waals surface area (Å²) in [7, 11) is 0. The van der Waals surface area contributed by atoms with Crippen LogP contribution in [0.4, 0.5) is 13.2 Å². The Balaban J connectivity index is 2.19. The number of fused-ring (bicyclic) bond motifs is 1. The second-order valence-electron chi connectivity index (χ2n) is 3.86. The van der Waals surface area contributed by atoms with Crippen molar-refractivity contribution in [2.75, 3.05) is 0 Å². The van der Waals surface area contributed by atoms with Crippen LogP contribution in [0.5, 0.6) is 0 Å². The van der Waals surface area contributed by atoms with Crippen molar-refractivity contribution in [3.05, 3.63) is 28.6 Å². The molecular formula is C10H6BrF3N2. The topological polar surface area (TPSA) is 17.8 Å². The van der Waals surface area contributed by atoms with Crippen molar-refractivity contribution in [1.82, 2.24) is 9.78 Å². The zero-order chi connectivity index (χ0) is 11.5. The van der Waals surface area contributed by atoms with E-state index in [9.17, 15) is 13.2 Å². The van der Waals surface area contributed by atoms with Crippen molar-refractivity contribution < 1.29 is 13.2 Å². The molecular weight excluding hydrogens is 285 g/mol. The lowest BCUT2D eigenvalue weighted by molar-refractivity contribution is 0.0992. The van der Waals surface area contributed by atoms with Crippen LogP contribution in [0.1, 0.15) is 12.5 Å². The molecule has 1 unspecified atom stereocenters. The molecule has 1 aromatic heterocycles. The average Bonchev–Trinajstić information content (AvgIpc) is 2.70. The number of alkyl halides is 2. The first-order chi connectivity index (χ1) is 7.50. The van der Waals surface area contributed by atoms with Gasteiger partial charge in [-0.15, -0.1) is 0 Å². The van der Waals surface area contributed by atoms with Crippen molar-refractivity contribution >= 4 is 26.8 Å². The third kappa shape index (κ3) is 1.29. The molecule has 1 atom stereocenters. The van der Waals surface area contributed by atoms with Gasteiger partial charge in [-0.05, 0) is 28.1 Å². The highest BCUT2D eigenvalue weighted by atomic mass is 79.9. The largest absolute Gasteiger partial charge is 0.272 e. The zero-order valence-electron chi connectivity index (χ0n) is 7.92. The van der Waals surface area contributed by atoms with Gasteiger partial charge in [0.05, 0.1) is 21.6 Å². The highest BCUT2D eigenvalue weighted by Gasteiger charge is 2.59. The Hall–Kier alpha value is -1.04. The molecule has 0 radical (unpaired) electrons. The van der Waals surface area contributed by atoms with E-state index in [4.69, 9.17) is 0 Å². The Morgan fingerprint density at radius 1 is 1.44 bits per heavy atom. The normalized spacial score (nSPS) is 22.6. The number of rotatable bonds is 1. The van der Waals surface area contributed by atoms with Gasteiger partial charge in [-0.1, -0.05) is 0 Å². The van der Waals surface area contributed by atoms with E-state index in [1.807, 2.05) is 0 Å². The summed E-state index contributed by atoms with van der Waals surface area (Å²) in [6.45, 7) is 0. The van der Waals surface area contributed by atoms with E-state index in [-0.39, 0.29) is 11.8 Å². The van der Waals surface area contributed by atoms with E-state index < -0.39 is 17.8 Å². The van der Waals surface area contributed by atoms with Crippen molar-refractivity contribution in [2.24, 2.45) is 0 Å². The standard InChI is InChI=1S/C10H6BrF3N2/c11-6-1-2-7-5(9(6)12)4-15-16(7)8-3-10(8,13)14/h1-2,4,8H,3H2. The molecule has 1 aliphatic carbocycles. The second kappa shape index (κ2) is 3.00. The Bertz CT molecular complexity index is 579. The van der Waals surface area contributed by atoms with E-state index in [2.05, 4.69) is 21.0 Å². The summed E-state index contributed by atoms with van der Waals surface area (Å²) in [5, 5.41) is 4.09. The van der Waals surface area contributed by atoms with Crippen molar-refractivity contribution in [1.29, 1.82) is 0 Å². The number of hydrogen-bond donors (Lipinski definition) is 0. The Kier molecular flexibility index (Phi) is 1.90. The summed E-state index contributed by atoms with van der Waals surface area (Å²) in [6, 6.07) is 2.16. The van der Waals surface area contributed by atoms with Crippen LogP contribution in [0.2, 0.25) is 0 Å². The van der Waals surface area contributed by atoms with Crippen LogP contribution >= 0.6 is 15.9 Å². The fraction of sp³-hybridized carbons (Fsp3) is 0.300. The molecule has 1 aliphatic rings. The van der Waals surface area contributed by atoms with Crippen molar-refractivity contribution in [3.8, 4) is 0 Å². The molecule has 1 saturated carbocycles. The van der Waals surface area contributed by atoms with E-state index in [0.717, 1.165) is 0 Å². The van der Waals surface area contributed by atoms with Gasteiger partial charge in [0.25, 0.3) is 5.92 Å². The van der Waals surface area contributed by atoms with Gasteiger partial charge in [0, 0.05) is 6.42 Å². The molecule has 0 aliphatic heterocycles. The molecule has 1 aromatic carbocycles. The molecule has 0 spiro atoms. The molecule has 0 bridgehead atoms. The molecule has 3 rings (SSSR count). The van der Waals surface area contributed by atoms with Crippen molar-refractivity contribution in [2.45, 2.75) is 18.4 Å². The first kappa shape index (κ1) is 10.1. The Morgan fingerprint density at radius 2 is 2.12 bits per heavy atom. The molecule has 1 heterocycles. The summed E-state index contributed by atoms with van der Waals surface area (Å²) >= 11 is 3.04. The van der Waals surface area contributed by atoms with Crippen LogP contribution in [-0.2, 0) is 0 Å². The van der Waals surface area contributed by atoms with Gasteiger partial charge >= 0.3 is 0 Å². The maximum Gasteiger partial charge on any atom is 0.272 e. The second-order valence-corrected chi connectivity index (χ2v) is 4.72. The average molecular weight is 291 g/mol. The van der Waals surface area contributed by atoms with Gasteiger partial charge < -0.3 is 0 Å². The number of aromatic nitrogens is 2. The fourth-order valence-corrected chi connectivity index (χ4v) is 2.12. The quantitative estimate of drug-likeness (QED) is 0.786. The van der Waals surface area contributed by atoms with Crippen LogP contribution in [0.3, 0.4) is 0 Å². The van der Waals surface area contributed by atoms with Gasteiger partial charge in [-0.25, -0.2) is 13.2 Å². The molecule has 2 aromatic rings. The predicted molar refractivity (Wildman–Crippen MR) is 56.0 cm³/mol. The summed E-state index contributed by atoms with van der Waals surface area (Å²) < 4.78 is 40.9. The Morgan fingerprint density at radius 3 is 2.75 bits per heavy atom. The first-order valence-electron chi connectivity index (χ1n) is 4.70. The van der Waals surface area contributed by atoms with Crippen LogP contribution < -0.4 is 0 Å². The highest BCUT2D eigenvalue weighted by molar-refractivity contribution is 9.10. The van der Waals surface area contributed by atoms with E-state index in [1.54, 1.807) is 6.07 Å². The van der Waals surface area contributed by atoms with Gasteiger partial charge in [-0.3, -0.25) is 4.68 Å². The molecule has 0 amide bonds. The van der Waals surface area contributed by atoms with Gasteiger partial charge in [0.15, 0.2) is 0 Å². The van der Waals surface area contributed by atoms with Crippen LogP contribution in [0.25, 0.3) is 10.9 Å². The van der Waals surface area contributed by atoms with E-state index in [1.165, 1.54) is 16.9 Å². The lowest BCUT2D eigenvalue weighted by Crippen LogP contribution is -2.03. The van der Waals surface area contributed by atoms with Crippen molar-refractivity contribution in [3.63, 3.8) is 0 Å². The van der Waals surface area contributed by atoms with Gasteiger partial charge in [0.2, 0.25) is 0 Å². The Labute approximate surface area is 97.2 Å². The number of halogens is 4. The lowest BCUT2D eigenvalue weighted by atomic mass is 10.2. The third-order valence-electron chi connectivity index (χ3n) is 2.76. The SMILES string of the molecule is Fc1c(Br)ccc2c1cnn2C1CC1(F)F. The minimum absolute atomic E-state index is 0.221. The monoisotopic (exact) mass is 290 g/mol. The van der Waals surface area contributed by atoms with Crippen LogP contribution in [0, 0.1) is 5.82 Å². The summed E-state index contributed by atoms with van der Waals surface area (Å²) in [5.41, 5.74) is 0.405. The summed E-state index contributed by atoms with van der Waals surface area (Å²) in [6.07, 6.45) is 1.06. The molecule has 16 heavy (non-hydrogen) atoms. The minimum Gasteiger partial charge on any atom is -0.255 e. The lowest BCUT2D eigenvalue weighted by Gasteiger charge is -2.02. The minimum atomic E-state index is -2.71. The molecule has 2 nitrogen and oxygen atoms in total. The summed E-state index contributed by atoms with van der Waals surface area (Å²) in [5.74, 6) is -3.17.